The summed E-state index contributed by atoms with van der Waals surface area (Å²) < 4.78 is 5.38. The number of hydrogen-bond acceptors (Lipinski definition) is 2. The number of methoxy groups -OCH3 is 1. The number of aliphatic hydroxyl groups excluding tert-OH is 1. The van der Waals surface area contributed by atoms with Crippen LogP contribution in [-0.4, -0.2) is 18.3 Å². The minimum Gasteiger partial charge on any atom is -0.497 e. The summed E-state index contributed by atoms with van der Waals surface area (Å²) in [5, 5.41) is 10.4. The highest BCUT2D eigenvalue weighted by atomic mass is 16.5. The van der Waals surface area contributed by atoms with Gasteiger partial charge in [0.2, 0.25) is 0 Å². The summed E-state index contributed by atoms with van der Waals surface area (Å²) in [6, 6.07) is 6.67. The molecular formula is C19H26O2. The van der Waals surface area contributed by atoms with E-state index in [4.69, 9.17) is 4.74 Å². The first-order valence-electron chi connectivity index (χ1n) is 8.48. The lowest BCUT2D eigenvalue weighted by molar-refractivity contribution is -0.0226. The van der Waals surface area contributed by atoms with E-state index in [1.165, 1.54) is 37.7 Å². The minimum absolute atomic E-state index is 0.0688. The molecule has 0 spiro atoms. The number of aliphatic hydroxyl groups is 1. The van der Waals surface area contributed by atoms with Gasteiger partial charge in [-0.2, -0.15) is 0 Å². The van der Waals surface area contributed by atoms with Crippen LogP contribution >= 0.6 is 0 Å². The summed E-state index contributed by atoms with van der Waals surface area (Å²) in [5.41, 5.74) is 3.25. The van der Waals surface area contributed by atoms with Crippen LogP contribution in [0.2, 0.25) is 0 Å². The van der Waals surface area contributed by atoms with E-state index in [1.807, 2.05) is 0 Å². The summed E-state index contributed by atoms with van der Waals surface area (Å²) in [6.07, 6.45) is 7.07. The summed E-state index contributed by atoms with van der Waals surface area (Å²) in [4.78, 5) is 0. The largest absolute Gasteiger partial charge is 0.497 e. The Hall–Kier alpha value is -1.02. The summed E-state index contributed by atoms with van der Waals surface area (Å²) >= 11 is 0. The molecule has 0 amide bonds. The second kappa shape index (κ2) is 4.74. The third-order valence-corrected chi connectivity index (χ3v) is 6.88. The molecule has 3 aliphatic rings. The van der Waals surface area contributed by atoms with Gasteiger partial charge in [0.05, 0.1) is 13.2 Å². The van der Waals surface area contributed by atoms with E-state index in [2.05, 4.69) is 25.1 Å². The SMILES string of the molecule is COc1ccc2c(c1)CC[C@@H]1[C@@H]2CC[C@]2(C)[C@H](O)CC[C@@H]12. The van der Waals surface area contributed by atoms with Crippen molar-refractivity contribution in [1.29, 1.82) is 0 Å². The van der Waals surface area contributed by atoms with Crippen molar-refractivity contribution in [3.05, 3.63) is 29.3 Å². The molecule has 0 bridgehead atoms. The van der Waals surface area contributed by atoms with Crippen LogP contribution in [0.3, 0.4) is 0 Å². The van der Waals surface area contributed by atoms with Crippen molar-refractivity contribution in [2.45, 2.75) is 57.5 Å². The highest BCUT2D eigenvalue weighted by Gasteiger charge is 2.54. The first-order valence-corrected chi connectivity index (χ1v) is 8.48. The van der Waals surface area contributed by atoms with Gasteiger partial charge >= 0.3 is 0 Å². The van der Waals surface area contributed by atoms with E-state index < -0.39 is 0 Å². The van der Waals surface area contributed by atoms with Crippen molar-refractivity contribution in [1.82, 2.24) is 0 Å². The van der Waals surface area contributed by atoms with Crippen LogP contribution in [0.25, 0.3) is 0 Å². The van der Waals surface area contributed by atoms with Crippen molar-refractivity contribution in [2.75, 3.05) is 7.11 Å². The van der Waals surface area contributed by atoms with Crippen molar-refractivity contribution in [2.24, 2.45) is 17.3 Å². The molecule has 0 heterocycles. The van der Waals surface area contributed by atoms with Crippen LogP contribution in [0.5, 0.6) is 5.75 Å². The standard InChI is InChI=1S/C19H26O2/c1-19-10-9-15-14-6-4-13(21-2)11-12(14)3-5-16(15)17(19)7-8-18(19)20/h4,6,11,15-18,20H,3,5,7-10H2,1-2H3/t15-,16-,17+,18-,19+/m1/s1. The normalized spacial score (nSPS) is 41.1. The zero-order chi connectivity index (χ0) is 14.6. The zero-order valence-electron chi connectivity index (χ0n) is 13.1. The lowest BCUT2D eigenvalue weighted by atomic mass is 9.55. The van der Waals surface area contributed by atoms with Crippen LogP contribution in [0.1, 0.15) is 56.1 Å². The van der Waals surface area contributed by atoms with Gasteiger partial charge in [0.1, 0.15) is 5.75 Å². The van der Waals surface area contributed by atoms with Crippen LogP contribution in [-0.2, 0) is 6.42 Å². The predicted molar refractivity (Wildman–Crippen MR) is 83.6 cm³/mol. The average molecular weight is 286 g/mol. The maximum absolute atomic E-state index is 10.4. The van der Waals surface area contributed by atoms with Gasteiger partial charge in [-0.1, -0.05) is 13.0 Å². The molecule has 5 atom stereocenters. The summed E-state index contributed by atoms with van der Waals surface area (Å²) in [6.45, 7) is 2.34. The second-order valence-electron chi connectivity index (χ2n) is 7.62. The fraction of sp³-hybridized carbons (Fsp3) is 0.684. The molecule has 2 heteroatoms. The molecule has 2 saturated carbocycles. The van der Waals surface area contributed by atoms with E-state index in [0.29, 0.717) is 5.92 Å². The van der Waals surface area contributed by atoms with Crippen LogP contribution in [0.15, 0.2) is 18.2 Å². The topological polar surface area (TPSA) is 29.5 Å². The molecular weight excluding hydrogens is 260 g/mol. The average Bonchev–Trinajstić information content (AvgIpc) is 2.82. The van der Waals surface area contributed by atoms with Crippen LogP contribution in [0.4, 0.5) is 0 Å². The summed E-state index contributed by atoms with van der Waals surface area (Å²) in [7, 11) is 1.75. The van der Waals surface area contributed by atoms with E-state index in [-0.39, 0.29) is 11.5 Å². The van der Waals surface area contributed by atoms with Gasteiger partial charge < -0.3 is 9.84 Å². The van der Waals surface area contributed by atoms with Crippen molar-refractivity contribution in [3.63, 3.8) is 0 Å². The van der Waals surface area contributed by atoms with E-state index in [9.17, 15) is 5.11 Å². The molecule has 0 unspecified atom stereocenters. The molecule has 0 radical (unpaired) electrons. The maximum atomic E-state index is 10.4. The molecule has 21 heavy (non-hydrogen) atoms. The lowest BCUT2D eigenvalue weighted by Gasteiger charge is -2.50. The monoisotopic (exact) mass is 286 g/mol. The highest BCUT2D eigenvalue weighted by molar-refractivity contribution is 5.40. The molecule has 0 aromatic heterocycles. The van der Waals surface area contributed by atoms with Crippen LogP contribution < -0.4 is 4.74 Å². The minimum atomic E-state index is -0.0688. The smallest absolute Gasteiger partial charge is 0.119 e. The second-order valence-corrected chi connectivity index (χ2v) is 7.62. The molecule has 4 rings (SSSR count). The van der Waals surface area contributed by atoms with Gasteiger partial charge in [-0.15, -0.1) is 0 Å². The van der Waals surface area contributed by atoms with E-state index in [1.54, 1.807) is 12.7 Å². The number of hydrogen-bond donors (Lipinski definition) is 1. The van der Waals surface area contributed by atoms with Crippen molar-refractivity contribution < 1.29 is 9.84 Å². The number of fused-ring (bicyclic) bond motifs is 5. The molecule has 0 saturated heterocycles. The predicted octanol–water partition coefficient (Wildman–Crippen LogP) is 3.91. The lowest BCUT2D eigenvalue weighted by Crippen LogP contribution is -2.43. The molecule has 1 aromatic carbocycles. The van der Waals surface area contributed by atoms with Gasteiger partial charge in [0.25, 0.3) is 0 Å². The van der Waals surface area contributed by atoms with Crippen molar-refractivity contribution >= 4 is 0 Å². The summed E-state index contributed by atoms with van der Waals surface area (Å²) in [5.74, 6) is 3.20. The first-order chi connectivity index (χ1) is 10.1. The molecule has 1 aromatic rings. The highest BCUT2D eigenvalue weighted by Crippen LogP contribution is 2.60. The van der Waals surface area contributed by atoms with Gasteiger partial charge in [0, 0.05) is 0 Å². The fourth-order valence-electron chi connectivity index (χ4n) is 5.66. The number of ether oxygens (including phenoxy) is 1. The van der Waals surface area contributed by atoms with E-state index >= 15 is 0 Å². The van der Waals surface area contributed by atoms with Gasteiger partial charge in [-0.05, 0) is 85.0 Å². The number of aryl methyl sites for hydroxylation is 1. The third kappa shape index (κ3) is 1.88. The first kappa shape index (κ1) is 13.6. The third-order valence-electron chi connectivity index (χ3n) is 6.88. The molecule has 2 nitrogen and oxygen atoms in total. The van der Waals surface area contributed by atoms with Crippen LogP contribution in [0, 0.1) is 17.3 Å². The quantitative estimate of drug-likeness (QED) is 0.848. The number of benzene rings is 1. The molecule has 114 valence electrons. The van der Waals surface area contributed by atoms with Crippen molar-refractivity contribution in [3.8, 4) is 5.75 Å². The zero-order valence-corrected chi connectivity index (χ0v) is 13.1. The Morgan fingerprint density at radius 1 is 1.19 bits per heavy atom. The maximum Gasteiger partial charge on any atom is 0.119 e. The molecule has 0 aliphatic heterocycles. The Morgan fingerprint density at radius 3 is 2.86 bits per heavy atom. The van der Waals surface area contributed by atoms with Gasteiger partial charge in [0.15, 0.2) is 0 Å². The van der Waals surface area contributed by atoms with Gasteiger partial charge in [-0.3, -0.25) is 0 Å². The number of rotatable bonds is 1. The Kier molecular flexibility index (Phi) is 3.08. The Morgan fingerprint density at radius 2 is 2.05 bits per heavy atom. The van der Waals surface area contributed by atoms with E-state index in [0.717, 1.165) is 24.0 Å². The Bertz CT molecular complexity index is 552. The fourth-order valence-corrected chi connectivity index (χ4v) is 5.66. The molecule has 3 aliphatic carbocycles. The molecule has 1 N–H and O–H groups in total. The van der Waals surface area contributed by atoms with Gasteiger partial charge in [-0.25, -0.2) is 0 Å². The Balaban J connectivity index is 1.68. The molecule has 2 fully saturated rings. The Labute approximate surface area is 127 Å².